The summed E-state index contributed by atoms with van der Waals surface area (Å²) in [6, 6.07) is 11.5. The summed E-state index contributed by atoms with van der Waals surface area (Å²) < 4.78 is 1.54. The van der Waals surface area contributed by atoms with Crippen LogP contribution in [0.1, 0.15) is 16.7 Å². The normalized spacial score (nSPS) is 11.0. The second kappa shape index (κ2) is 7.69. The summed E-state index contributed by atoms with van der Waals surface area (Å²) >= 11 is 5.83. The summed E-state index contributed by atoms with van der Waals surface area (Å²) in [5.41, 5.74) is 9.64. The van der Waals surface area contributed by atoms with Crippen molar-refractivity contribution < 1.29 is 0 Å². The van der Waals surface area contributed by atoms with E-state index in [9.17, 15) is 4.79 Å². The second-order valence-corrected chi connectivity index (χ2v) is 6.57. The highest BCUT2D eigenvalue weighted by atomic mass is 35.5. The van der Waals surface area contributed by atoms with Crippen LogP contribution < -0.4 is 16.7 Å². The van der Waals surface area contributed by atoms with Gasteiger partial charge in [-0.2, -0.15) is 9.97 Å². The second-order valence-electron chi connectivity index (χ2n) is 6.31. The highest BCUT2D eigenvalue weighted by molar-refractivity contribution is 6.17. The number of imidazole rings is 1. The Kier molecular flexibility index (Phi) is 4.94. The van der Waals surface area contributed by atoms with E-state index in [4.69, 9.17) is 17.3 Å². The molecule has 0 radical (unpaired) electrons. The van der Waals surface area contributed by atoms with E-state index < -0.39 is 0 Å². The number of nitrogen functional groups attached to an aromatic ring is 1. The van der Waals surface area contributed by atoms with Gasteiger partial charge in [-0.15, -0.1) is 11.6 Å². The number of alkyl halides is 1. The quantitative estimate of drug-likeness (QED) is 0.432. The Bertz CT molecular complexity index is 1150. The molecular weight excluding hydrogens is 378 g/mol. The number of nitrogens with two attached hydrogens (primary N) is 1. The molecule has 4 aromatic rings. The van der Waals surface area contributed by atoms with Gasteiger partial charge < -0.3 is 16.0 Å². The van der Waals surface area contributed by atoms with Crippen molar-refractivity contribution in [2.45, 2.75) is 19.0 Å². The Morgan fingerprint density at radius 2 is 1.75 bits per heavy atom. The molecule has 0 spiro atoms. The fraction of sp³-hybridized carbons (Fsp3) is 0.158. The predicted molar refractivity (Wildman–Crippen MR) is 109 cm³/mol. The number of anilines is 2. The summed E-state index contributed by atoms with van der Waals surface area (Å²) in [5.74, 6) is 1.02. The van der Waals surface area contributed by atoms with E-state index >= 15 is 0 Å². The molecule has 4 N–H and O–H groups in total. The zero-order valence-corrected chi connectivity index (χ0v) is 15.6. The average molecular weight is 396 g/mol. The lowest BCUT2D eigenvalue weighted by Gasteiger charge is -2.08. The van der Waals surface area contributed by atoms with E-state index in [1.807, 2.05) is 36.4 Å². The minimum Gasteiger partial charge on any atom is -0.382 e. The molecule has 0 bridgehead atoms. The van der Waals surface area contributed by atoms with Crippen LogP contribution in [0.5, 0.6) is 0 Å². The summed E-state index contributed by atoms with van der Waals surface area (Å²) in [5, 5.41) is 3.14. The Morgan fingerprint density at radius 1 is 1.04 bits per heavy atom. The minimum absolute atomic E-state index is 0.218. The first kappa shape index (κ1) is 18.0. The van der Waals surface area contributed by atoms with Crippen LogP contribution in [0.25, 0.3) is 11.2 Å². The molecular formula is C19H18ClN7O. The Hall–Kier alpha value is -3.39. The topological polar surface area (TPSA) is 115 Å². The van der Waals surface area contributed by atoms with Crippen LogP contribution in [0, 0.1) is 0 Å². The molecule has 0 saturated carbocycles. The highest BCUT2D eigenvalue weighted by Crippen LogP contribution is 2.18. The van der Waals surface area contributed by atoms with Gasteiger partial charge in [0.15, 0.2) is 11.5 Å². The molecule has 4 rings (SSSR count). The number of pyridine rings is 1. The van der Waals surface area contributed by atoms with Gasteiger partial charge in [-0.3, -0.25) is 9.55 Å². The maximum absolute atomic E-state index is 12.4. The van der Waals surface area contributed by atoms with E-state index in [0.29, 0.717) is 36.1 Å². The molecule has 3 heterocycles. The van der Waals surface area contributed by atoms with Crippen LogP contribution in [0.3, 0.4) is 0 Å². The van der Waals surface area contributed by atoms with Crippen LogP contribution in [-0.4, -0.2) is 24.5 Å². The molecule has 0 amide bonds. The smallest absolute Gasteiger partial charge is 0.328 e. The molecule has 3 aromatic heterocycles. The van der Waals surface area contributed by atoms with Crippen molar-refractivity contribution in [3.05, 3.63) is 76.0 Å². The maximum atomic E-state index is 12.4. The number of aromatic amines is 1. The monoisotopic (exact) mass is 395 g/mol. The lowest BCUT2D eigenvalue weighted by atomic mass is 10.1. The number of nitrogens with zero attached hydrogens (tertiary/aromatic N) is 4. The third-order valence-corrected chi connectivity index (χ3v) is 4.68. The summed E-state index contributed by atoms with van der Waals surface area (Å²) in [6.07, 6.45) is 3.43. The average Bonchev–Trinajstić information content (AvgIpc) is 3.04. The Labute approximate surface area is 165 Å². The van der Waals surface area contributed by atoms with Gasteiger partial charge in [-0.05, 0) is 28.8 Å². The first-order chi connectivity index (χ1) is 13.6. The van der Waals surface area contributed by atoms with Crippen LogP contribution in [0.15, 0.2) is 53.6 Å². The molecule has 0 fully saturated rings. The third kappa shape index (κ3) is 3.67. The molecule has 0 aliphatic carbocycles. The number of aromatic nitrogens is 5. The van der Waals surface area contributed by atoms with Crippen molar-refractivity contribution >= 4 is 34.5 Å². The molecule has 1 aromatic carbocycles. The number of hydrogen-bond donors (Lipinski definition) is 3. The van der Waals surface area contributed by atoms with Crippen LogP contribution >= 0.6 is 11.6 Å². The van der Waals surface area contributed by atoms with Gasteiger partial charge in [0.25, 0.3) is 0 Å². The molecule has 0 unspecified atom stereocenters. The Morgan fingerprint density at radius 3 is 2.46 bits per heavy atom. The van der Waals surface area contributed by atoms with Gasteiger partial charge in [0.1, 0.15) is 5.52 Å². The zero-order valence-electron chi connectivity index (χ0n) is 14.9. The zero-order chi connectivity index (χ0) is 19.5. The minimum atomic E-state index is -0.288. The SMILES string of the molecule is Nc1nc(NCc2ccncc2)nc2c1[nH]c(=O)n2Cc1ccc(CCl)cc1. The summed E-state index contributed by atoms with van der Waals surface area (Å²) in [6.45, 7) is 0.879. The number of halogens is 1. The van der Waals surface area contributed by atoms with Gasteiger partial charge in [0.2, 0.25) is 5.95 Å². The van der Waals surface area contributed by atoms with Crippen molar-refractivity contribution in [2.24, 2.45) is 0 Å². The fourth-order valence-electron chi connectivity index (χ4n) is 2.88. The van der Waals surface area contributed by atoms with Crippen molar-refractivity contribution in [3.63, 3.8) is 0 Å². The molecule has 9 heteroatoms. The largest absolute Gasteiger partial charge is 0.382 e. The van der Waals surface area contributed by atoms with Crippen molar-refractivity contribution in [2.75, 3.05) is 11.1 Å². The van der Waals surface area contributed by atoms with E-state index in [0.717, 1.165) is 16.7 Å². The number of hydrogen-bond acceptors (Lipinski definition) is 6. The number of fused-ring (bicyclic) bond motifs is 1. The number of H-pyrrole nitrogens is 1. The molecule has 8 nitrogen and oxygen atoms in total. The van der Waals surface area contributed by atoms with E-state index in [1.165, 1.54) is 0 Å². The number of nitrogens with one attached hydrogen (secondary N) is 2. The lowest BCUT2D eigenvalue weighted by molar-refractivity contribution is 0.777. The predicted octanol–water partition coefficient (Wildman–Crippen LogP) is 2.50. The summed E-state index contributed by atoms with van der Waals surface area (Å²) in [4.78, 5) is 27.9. The molecule has 0 aliphatic heterocycles. The fourth-order valence-corrected chi connectivity index (χ4v) is 3.05. The van der Waals surface area contributed by atoms with E-state index in [-0.39, 0.29) is 11.5 Å². The molecule has 0 atom stereocenters. The standard InChI is InChI=1S/C19H18ClN7O/c20-9-12-1-3-14(4-2-12)11-27-17-15(24-19(27)28)16(21)25-18(26-17)23-10-13-5-7-22-8-6-13/h1-8H,9-11H2,(H,24,28)(H3,21,23,25,26). The summed E-state index contributed by atoms with van der Waals surface area (Å²) in [7, 11) is 0. The third-order valence-electron chi connectivity index (χ3n) is 4.37. The number of rotatable bonds is 6. The molecule has 0 aliphatic rings. The molecule has 142 valence electrons. The first-order valence-corrected chi connectivity index (χ1v) is 9.20. The van der Waals surface area contributed by atoms with Crippen LogP contribution in [0.4, 0.5) is 11.8 Å². The van der Waals surface area contributed by atoms with Crippen molar-refractivity contribution in [1.82, 2.24) is 24.5 Å². The van der Waals surface area contributed by atoms with Gasteiger partial charge in [-0.1, -0.05) is 24.3 Å². The molecule has 0 saturated heterocycles. The van der Waals surface area contributed by atoms with Crippen LogP contribution in [0.2, 0.25) is 0 Å². The lowest BCUT2D eigenvalue weighted by Crippen LogP contribution is -2.18. The van der Waals surface area contributed by atoms with Crippen LogP contribution in [-0.2, 0) is 19.0 Å². The molecule has 28 heavy (non-hydrogen) atoms. The number of benzene rings is 1. The van der Waals surface area contributed by atoms with Crippen molar-refractivity contribution in [3.8, 4) is 0 Å². The van der Waals surface area contributed by atoms with E-state index in [2.05, 4.69) is 25.3 Å². The van der Waals surface area contributed by atoms with Crippen molar-refractivity contribution in [1.29, 1.82) is 0 Å². The van der Waals surface area contributed by atoms with Gasteiger partial charge in [0, 0.05) is 24.8 Å². The van der Waals surface area contributed by atoms with Gasteiger partial charge >= 0.3 is 5.69 Å². The first-order valence-electron chi connectivity index (χ1n) is 8.66. The maximum Gasteiger partial charge on any atom is 0.328 e. The van der Waals surface area contributed by atoms with Gasteiger partial charge in [0.05, 0.1) is 6.54 Å². The van der Waals surface area contributed by atoms with E-state index in [1.54, 1.807) is 17.0 Å². The highest BCUT2D eigenvalue weighted by Gasteiger charge is 2.14. The Balaban J connectivity index is 1.65. The van der Waals surface area contributed by atoms with Gasteiger partial charge in [-0.25, -0.2) is 4.79 Å².